The van der Waals surface area contributed by atoms with Gasteiger partial charge in [0.25, 0.3) is 0 Å². The van der Waals surface area contributed by atoms with Crippen LogP contribution in [0.1, 0.15) is 22.3 Å². The van der Waals surface area contributed by atoms with Crippen LogP contribution in [0.2, 0.25) is 0 Å². The number of nitrogens with zero attached hydrogens (tertiary/aromatic N) is 2. The van der Waals surface area contributed by atoms with Crippen molar-refractivity contribution in [3.8, 4) is 5.69 Å². The molecule has 136 valence electrons. The highest BCUT2D eigenvalue weighted by molar-refractivity contribution is 5.89. The topological polar surface area (TPSA) is 60.1 Å². The molecule has 0 aliphatic heterocycles. The van der Waals surface area contributed by atoms with E-state index in [1.165, 1.54) is 5.56 Å². The zero-order valence-corrected chi connectivity index (χ0v) is 15.4. The number of nitrogens with one attached hydrogen (secondary N) is 1. The summed E-state index contributed by atoms with van der Waals surface area (Å²) >= 11 is 0. The Hall–Kier alpha value is -3.34. The van der Waals surface area contributed by atoms with Gasteiger partial charge in [-0.1, -0.05) is 24.3 Å². The van der Waals surface area contributed by atoms with Crippen LogP contribution in [0.5, 0.6) is 0 Å². The fourth-order valence-electron chi connectivity index (χ4n) is 3.15. The van der Waals surface area contributed by atoms with Crippen LogP contribution in [0, 0.1) is 13.8 Å². The number of rotatable bonds is 5. The van der Waals surface area contributed by atoms with Gasteiger partial charge in [0.1, 0.15) is 5.58 Å². The van der Waals surface area contributed by atoms with Gasteiger partial charge in [-0.25, -0.2) is 4.68 Å². The van der Waals surface area contributed by atoms with Crippen LogP contribution in [-0.2, 0) is 17.8 Å². The van der Waals surface area contributed by atoms with E-state index in [-0.39, 0.29) is 5.91 Å². The van der Waals surface area contributed by atoms with E-state index in [0.29, 0.717) is 13.0 Å². The van der Waals surface area contributed by atoms with E-state index < -0.39 is 0 Å². The Morgan fingerprint density at radius 2 is 1.96 bits per heavy atom. The minimum Gasteiger partial charge on any atom is -0.464 e. The lowest BCUT2D eigenvalue weighted by atomic mass is 10.0. The number of fused-ring (bicyclic) bond motifs is 1. The maximum atomic E-state index is 12.4. The smallest absolute Gasteiger partial charge is 0.224 e. The van der Waals surface area contributed by atoms with Crippen LogP contribution < -0.4 is 5.32 Å². The van der Waals surface area contributed by atoms with E-state index in [2.05, 4.69) is 23.4 Å². The first kappa shape index (κ1) is 17.1. The fraction of sp³-hybridized carbons (Fsp3) is 0.182. The van der Waals surface area contributed by atoms with E-state index in [9.17, 15) is 4.79 Å². The molecule has 0 atom stereocenters. The van der Waals surface area contributed by atoms with Crippen LogP contribution in [0.15, 0.2) is 65.5 Å². The molecule has 4 aromatic rings. The number of amides is 1. The highest BCUT2D eigenvalue weighted by Crippen LogP contribution is 2.26. The first-order valence-corrected chi connectivity index (χ1v) is 8.94. The summed E-state index contributed by atoms with van der Waals surface area (Å²) in [7, 11) is 0. The number of aromatic nitrogens is 2. The van der Waals surface area contributed by atoms with Gasteiger partial charge in [0.05, 0.1) is 18.4 Å². The number of carbonyl (C=O) groups is 1. The third-order valence-electron chi connectivity index (χ3n) is 4.89. The molecule has 2 heterocycles. The number of furan rings is 1. The predicted octanol–water partition coefficient (Wildman–Crippen LogP) is 4.09. The summed E-state index contributed by atoms with van der Waals surface area (Å²) < 4.78 is 7.49. The molecule has 0 unspecified atom stereocenters. The molecule has 5 heteroatoms. The second-order valence-corrected chi connectivity index (χ2v) is 6.72. The second-order valence-electron chi connectivity index (χ2n) is 6.72. The fourth-order valence-corrected chi connectivity index (χ4v) is 3.15. The van der Waals surface area contributed by atoms with Gasteiger partial charge < -0.3 is 9.73 Å². The van der Waals surface area contributed by atoms with Crippen LogP contribution >= 0.6 is 0 Å². The first-order valence-electron chi connectivity index (χ1n) is 8.94. The summed E-state index contributed by atoms with van der Waals surface area (Å²) in [5, 5.41) is 8.20. The predicted molar refractivity (Wildman–Crippen MR) is 105 cm³/mol. The molecule has 1 amide bonds. The zero-order valence-electron chi connectivity index (χ0n) is 15.4. The van der Waals surface area contributed by atoms with Gasteiger partial charge in [0.2, 0.25) is 5.91 Å². The largest absolute Gasteiger partial charge is 0.464 e. The molecule has 27 heavy (non-hydrogen) atoms. The van der Waals surface area contributed by atoms with E-state index in [1.807, 2.05) is 49.5 Å². The van der Waals surface area contributed by atoms with Crippen molar-refractivity contribution in [1.82, 2.24) is 15.1 Å². The zero-order chi connectivity index (χ0) is 18.8. The standard InChI is InChI=1S/C22H21N3O2/c1-15-4-9-20-18(14-27-22(20)16(15)2)12-21(26)23-13-17-5-7-19(8-6-17)25-11-3-10-24-25/h3-11,14H,12-13H2,1-2H3,(H,23,26). The average molecular weight is 359 g/mol. The average Bonchev–Trinajstić information content (AvgIpc) is 3.34. The molecule has 0 aliphatic carbocycles. The quantitative estimate of drug-likeness (QED) is 0.584. The molecule has 2 aromatic carbocycles. The van der Waals surface area contributed by atoms with Crippen molar-refractivity contribution in [1.29, 1.82) is 0 Å². The highest BCUT2D eigenvalue weighted by atomic mass is 16.3. The second kappa shape index (κ2) is 7.11. The van der Waals surface area contributed by atoms with Crippen molar-refractivity contribution in [3.05, 3.63) is 83.4 Å². The summed E-state index contributed by atoms with van der Waals surface area (Å²) in [6.45, 7) is 4.59. The van der Waals surface area contributed by atoms with E-state index in [4.69, 9.17) is 4.42 Å². The van der Waals surface area contributed by atoms with Gasteiger partial charge in [-0.2, -0.15) is 5.10 Å². The Morgan fingerprint density at radius 1 is 1.15 bits per heavy atom. The number of aryl methyl sites for hydroxylation is 2. The lowest BCUT2D eigenvalue weighted by Crippen LogP contribution is -2.24. The molecule has 5 nitrogen and oxygen atoms in total. The van der Waals surface area contributed by atoms with E-state index >= 15 is 0 Å². The number of hydrogen-bond donors (Lipinski definition) is 1. The van der Waals surface area contributed by atoms with Crippen LogP contribution in [-0.4, -0.2) is 15.7 Å². The Bertz CT molecular complexity index is 1080. The lowest BCUT2D eigenvalue weighted by Gasteiger charge is -2.07. The molecule has 0 bridgehead atoms. The van der Waals surface area contributed by atoms with Crippen LogP contribution in [0.3, 0.4) is 0 Å². The van der Waals surface area contributed by atoms with Gasteiger partial charge in [-0.05, 0) is 48.7 Å². The third-order valence-corrected chi connectivity index (χ3v) is 4.89. The minimum absolute atomic E-state index is 0.0212. The first-order chi connectivity index (χ1) is 13.1. The van der Waals surface area contributed by atoms with Crippen molar-refractivity contribution in [2.75, 3.05) is 0 Å². The number of carbonyl (C=O) groups excluding carboxylic acids is 1. The Kier molecular flexibility index (Phi) is 4.50. The van der Waals surface area contributed by atoms with Gasteiger partial charge in [-0.15, -0.1) is 0 Å². The SMILES string of the molecule is Cc1ccc2c(CC(=O)NCc3ccc(-n4cccn4)cc3)coc2c1C. The summed E-state index contributed by atoms with van der Waals surface area (Å²) in [6, 6.07) is 13.9. The number of hydrogen-bond acceptors (Lipinski definition) is 3. The molecule has 0 fully saturated rings. The molecule has 0 saturated carbocycles. The Balaban J connectivity index is 1.39. The maximum Gasteiger partial charge on any atom is 0.224 e. The summed E-state index contributed by atoms with van der Waals surface area (Å²) in [6.07, 6.45) is 5.64. The highest BCUT2D eigenvalue weighted by Gasteiger charge is 2.12. The van der Waals surface area contributed by atoms with Crippen LogP contribution in [0.25, 0.3) is 16.7 Å². The molecule has 0 aliphatic rings. The van der Waals surface area contributed by atoms with Crippen molar-refractivity contribution in [2.45, 2.75) is 26.8 Å². The van der Waals surface area contributed by atoms with E-state index in [1.54, 1.807) is 17.1 Å². The number of benzene rings is 2. The third kappa shape index (κ3) is 3.49. The Morgan fingerprint density at radius 3 is 2.70 bits per heavy atom. The summed E-state index contributed by atoms with van der Waals surface area (Å²) in [5.74, 6) is -0.0212. The molecule has 2 aromatic heterocycles. The minimum atomic E-state index is -0.0212. The lowest BCUT2D eigenvalue weighted by molar-refractivity contribution is -0.120. The molecule has 1 N–H and O–H groups in total. The van der Waals surface area contributed by atoms with Crippen molar-refractivity contribution in [3.63, 3.8) is 0 Å². The van der Waals surface area contributed by atoms with Crippen LogP contribution in [0.4, 0.5) is 0 Å². The van der Waals surface area contributed by atoms with Gasteiger partial charge >= 0.3 is 0 Å². The normalized spacial score (nSPS) is 11.0. The van der Waals surface area contributed by atoms with Crippen molar-refractivity contribution in [2.24, 2.45) is 0 Å². The van der Waals surface area contributed by atoms with Gasteiger partial charge in [-0.3, -0.25) is 4.79 Å². The molecule has 4 rings (SSSR count). The maximum absolute atomic E-state index is 12.4. The Labute approximate surface area is 157 Å². The van der Waals surface area contributed by atoms with E-state index in [0.717, 1.165) is 33.3 Å². The molecular weight excluding hydrogens is 338 g/mol. The monoisotopic (exact) mass is 359 g/mol. The van der Waals surface area contributed by atoms with Crippen molar-refractivity contribution >= 4 is 16.9 Å². The molecular formula is C22H21N3O2. The van der Waals surface area contributed by atoms with Gasteiger partial charge in [0.15, 0.2) is 0 Å². The summed E-state index contributed by atoms with van der Waals surface area (Å²) in [4.78, 5) is 12.4. The molecule has 0 saturated heterocycles. The summed E-state index contributed by atoms with van der Waals surface area (Å²) in [5.41, 5.74) is 6.13. The molecule has 0 radical (unpaired) electrons. The van der Waals surface area contributed by atoms with Gasteiger partial charge in [0, 0.05) is 29.9 Å². The molecule has 0 spiro atoms. The van der Waals surface area contributed by atoms with Crippen molar-refractivity contribution < 1.29 is 9.21 Å².